The molecule has 0 aliphatic rings. The summed E-state index contributed by atoms with van der Waals surface area (Å²) in [5, 5.41) is 11.4. The second-order valence-corrected chi connectivity index (χ2v) is 4.07. The highest BCUT2D eigenvalue weighted by molar-refractivity contribution is 14.1. The maximum absolute atomic E-state index is 9.42. The number of alkyl halides is 1. The lowest BCUT2D eigenvalue weighted by Crippen LogP contribution is -1.93. The van der Waals surface area contributed by atoms with Crippen molar-refractivity contribution in [1.29, 1.82) is 0 Å². The fourth-order valence-electron chi connectivity index (χ4n) is 0.726. The zero-order chi connectivity index (χ0) is 7.40. The normalized spacial score (nSPS) is 13.4. The summed E-state index contributed by atoms with van der Waals surface area (Å²) in [5.41, 5.74) is 0. The fraction of sp³-hybridized carbons (Fsp3) is 0.429. The second-order valence-electron chi connectivity index (χ2n) is 2.01. The standard InChI is InChI=1S/C7H9IOS/c8-4-3-6(9)7-2-1-5-10-7/h1-2,5-6,9H,3-4H2/t6-/m0/s1. The first-order chi connectivity index (χ1) is 4.84. The molecule has 3 heteroatoms. The van der Waals surface area contributed by atoms with Crippen LogP contribution in [-0.2, 0) is 0 Å². The molecule has 0 aliphatic carbocycles. The van der Waals surface area contributed by atoms with E-state index in [2.05, 4.69) is 22.6 Å². The van der Waals surface area contributed by atoms with Crippen molar-refractivity contribution in [2.45, 2.75) is 12.5 Å². The highest BCUT2D eigenvalue weighted by Crippen LogP contribution is 2.21. The summed E-state index contributed by atoms with van der Waals surface area (Å²) >= 11 is 3.89. The molecule has 56 valence electrons. The molecule has 0 bridgehead atoms. The number of thiophene rings is 1. The fourth-order valence-corrected chi connectivity index (χ4v) is 2.06. The van der Waals surface area contributed by atoms with E-state index in [1.54, 1.807) is 11.3 Å². The predicted molar refractivity (Wildman–Crippen MR) is 52.8 cm³/mol. The van der Waals surface area contributed by atoms with E-state index in [0.717, 1.165) is 15.7 Å². The zero-order valence-electron chi connectivity index (χ0n) is 5.46. The Morgan fingerprint density at radius 2 is 2.50 bits per heavy atom. The molecule has 1 N–H and O–H groups in total. The van der Waals surface area contributed by atoms with Crippen LogP contribution in [0, 0.1) is 0 Å². The number of rotatable bonds is 3. The number of halogens is 1. The van der Waals surface area contributed by atoms with Crippen molar-refractivity contribution < 1.29 is 5.11 Å². The second kappa shape index (κ2) is 4.31. The van der Waals surface area contributed by atoms with E-state index in [9.17, 15) is 5.11 Å². The van der Waals surface area contributed by atoms with Crippen LogP contribution < -0.4 is 0 Å². The molecule has 1 nitrogen and oxygen atoms in total. The number of hydrogen-bond donors (Lipinski definition) is 1. The van der Waals surface area contributed by atoms with E-state index in [-0.39, 0.29) is 6.10 Å². The van der Waals surface area contributed by atoms with Crippen LogP contribution in [0.15, 0.2) is 17.5 Å². The van der Waals surface area contributed by atoms with E-state index in [0.29, 0.717) is 0 Å². The smallest absolute Gasteiger partial charge is 0.0889 e. The monoisotopic (exact) mass is 268 g/mol. The Balaban J connectivity index is 2.50. The maximum atomic E-state index is 9.42. The molecule has 0 aromatic carbocycles. The predicted octanol–water partition coefficient (Wildman–Crippen LogP) is 2.61. The van der Waals surface area contributed by atoms with Crippen LogP contribution in [0.1, 0.15) is 17.4 Å². The van der Waals surface area contributed by atoms with Crippen LogP contribution in [0.25, 0.3) is 0 Å². The minimum absolute atomic E-state index is 0.239. The molecule has 1 atom stereocenters. The third-order valence-corrected chi connectivity index (χ3v) is 2.85. The van der Waals surface area contributed by atoms with Gasteiger partial charge in [-0.05, 0) is 17.9 Å². The molecule has 0 saturated heterocycles. The first kappa shape index (κ1) is 8.49. The van der Waals surface area contributed by atoms with Gasteiger partial charge in [-0.3, -0.25) is 0 Å². The first-order valence-electron chi connectivity index (χ1n) is 3.12. The largest absolute Gasteiger partial charge is 0.388 e. The summed E-state index contributed by atoms with van der Waals surface area (Å²) in [6.45, 7) is 0. The molecule has 0 saturated carbocycles. The highest BCUT2D eigenvalue weighted by atomic mass is 127. The molecule has 0 amide bonds. The van der Waals surface area contributed by atoms with E-state index < -0.39 is 0 Å². The average Bonchev–Trinajstić information content (AvgIpc) is 2.38. The van der Waals surface area contributed by atoms with Gasteiger partial charge in [0.15, 0.2) is 0 Å². The molecule has 0 radical (unpaired) electrons. The molecule has 0 fully saturated rings. The van der Waals surface area contributed by atoms with Crippen LogP contribution in [-0.4, -0.2) is 9.53 Å². The molecule has 0 unspecified atom stereocenters. The van der Waals surface area contributed by atoms with Crippen molar-refractivity contribution in [3.05, 3.63) is 22.4 Å². The minimum atomic E-state index is -0.239. The number of hydrogen-bond acceptors (Lipinski definition) is 2. The topological polar surface area (TPSA) is 20.2 Å². The quantitative estimate of drug-likeness (QED) is 0.660. The third kappa shape index (κ3) is 2.21. The molecular formula is C7H9IOS. The van der Waals surface area contributed by atoms with Gasteiger partial charge >= 0.3 is 0 Å². The van der Waals surface area contributed by atoms with E-state index in [1.807, 2.05) is 17.5 Å². The first-order valence-corrected chi connectivity index (χ1v) is 5.52. The van der Waals surface area contributed by atoms with Crippen LogP contribution in [0.2, 0.25) is 0 Å². The summed E-state index contributed by atoms with van der Waals surface area (Å²) in [6, 6.07) is 3.94. The number of aliphatic hydroxyl groups is 1. The summed E-state index contributed by atoms with van der Waals surface area (Å²) in [4.78, 5) is 1.08. The van der Waals surface area contributed by atoms with Gasteiger partial charge in [0.2, 0.25) is 0 Å². The van der Waals surface area contributed by atoms with Crippen molar-refractivity contribution in [1.82, 2.24) is 0 Å². The lowest BCUT2D eigenvalue weighted by molar-refractivity contribution is 0.179. The van der Waals surface area contributed by atoms with Gasteiger partial charge < -0.3 is 5.11 Å². The summed E-state index contributed by atoms with van der Waals surface area (Å²) in [6.07, 6.45) is 0.623. The third-order valence-electron chi connectivity index (χ3n) is 1.25. The van der Waals surface area contributed by atoms with Crippen molar-refractivity contribution in [2.24, 2.45) is 0 Å². The van der Waals surface area contributed by atoms with Gasteiger partial charge in [-0.2, -0.15) is 0 Å². The van der Waals surface area contributed by atoms with E-state index >= 15 is 0 Å². The van der Waals surface area contributed by atoms with E-state index in [1.165, 1.54) is 0 Å². The van der Waals surface area contributed by atoms with Crippen LogP contribution in [0.4, 0.5) is 0 Å². The van der Waals surface area contributed by atoms with Gasteiger partial charge in [-0.15, -0.1) is 11.3 Å². The molecule has 1 heterocycles. The summed E-state index contributed by atoms with van der Waals surface area (Å²) < 4.78 is 1.01. The molecule has 1 aromatic heterocycles. The van der Waals surface area contributed by atoms with Crippen LogP contribution in [0.3, 0.4) is 0 Å². The van der Waals surface area contributed by atoms with Gasteiger partial charge in [-0.25, -0.2) is 0 Å². The molecule has 10 heavy (non-hydrogen) atoms. The average molecular weight is 268 g/mol. The molecule has 0 aliphatic heterocycles. The summed E-state index contributed by atoms with van der Waals surface area (Å²) in [7, 11) is 0. The Morgan fingerprint density at radius 1 is 1.70 bits per heavy atom. The molecular weight excluding hydrogens is 259 g/mol. The van der Waals surface area contributed by atoms with Crippen LogP contribution >= 0.6 is 33.9 Å². The Bertz CT molecular complexity index is 174. The lowest BCUT2D eigenvalue weighted by atomic mass is 10.2. The molecule has 1 aromatic rings. The Hall–Kier alpha value is 0.390. The Labute approximate surface area is 78.2 Å². The maximum Gasteiger partial charge on any atom is 0.0889 e. The molecule has 0 spiro atoms. The SMILES string of the molecule is O[C@@H](CCI)c1cccs1. The van der Waals surface area contributed by atoms with Gasteiger partial charge in [-0.1, -0.05) is 28.7 Å². The lowest BCUT2D eigenvalue weighted by Gasteiger charge is -2.03. The van der Waals surface area contributed by atoms with Gasteiger partial charge in [0.25, 0.3) is 0 Å². The van der Waals surface area contributed by atoms with Crippen molar-refractivity contribution in [3.8, 4) is 0 Å². The van der Waals surface area contributed by atoms with Gasteiger partial charge in [0.05, 0.1) is 6.10 Å². The highest BCUT2D eigenvalue weighted by Gasteiger charge is 2.05. The minimum Gasteiger partial charge on any atom is -0.388 e. The molecule has 1 rings (SSSR count). The summed E-state index contributed by atoms with van der Waals surface area (Å²) in [5.74, 6) is 0. The van der Waals surface area contributed by atoms with Gasteiger partial charge in [0.1, 0.15) is 0 Å². The Kier molecular flexibility index (Phi) is 3.65. The van der Waals surface area contributed by atoms with Crippen molar-refractivity contribution in [3.63, 3.8) is 0 Å². The van der Waals surface area contributed by atoms with E-state index in [4.69, 9.17) is 0 Å². The van der Waals surface area contributed by atoms with Gasteiger partial charge in [0, 0.05) is 9.30 Å². The van der Waals surface area contributed by atoms with Crippen molar-refractivity contribution >= 4 is 33.9 Å². The zero-order valence-corrected chi connectivity index (χ0v) is 8.43. The number of aliphatic hydroxyl groups excluding tert-OH is 1. The van der Waals surface area contributed by atoms with Crippen LogP contribution in [0.5, 0.6) is 0 Å². The Morgan fingerprint density at radius 3 is 3.00 bits per heavy atom. The van der Waals surface area contributed by atoms with Crippen molar-refractivity contribution in [2.75, 3.05) is 4.43 Å².